The molecule has 138 heavy (non-hydrogen) atoms. The quantitative estimate of drug-likeness (QED) is 0.0189. The molecule has 9 aromatic rings. The molecule has 19 atom stereocenters. The summed E-state index contributed by atoms with van der Waals surface area (Å²) in [6.45, 7) is 7.40. The number of Topliss-reactive ketones (excluding diaryl/α,β-unsaturated/α-hetero) is 1. The Kier molecular flexibility index (Phi) is 24.1. The summed E-state index contributed by atoms with van der Waals surface area (Å²) in [5, 5.41) is 39.8. The number of aliphatic hydroxyl groups is 1. The number of ether oxygens (including phenoxy) is 17. The molecule has 2 unspecified atom stereocenters. The molecule has 2 bridgehead atoms. The van der Waals surface area contributed by atoms with E-state index in [4.69, 9.17) is 90.5 Å². The van der Waals surface area contributed by atoms with Crippen molar-refractivity contribution in [3.63, 3.8) is 0 Å². The van der Waals surface area contributed by atoms with Gasteiger partial charge in [-0.25, -0.2) is 19.2 Å². The van der Waals surface area contributed by atoms with Crippen molar-refractivity contribution in [1.82, 2.24) is 5.32 Å². The van der Waals surface area contributed by atoms with Gasteiger partial charge in [0.15, 0.2) is 63.5 Å². The fraction of sp³-hybridized carbons (Fsp3) is 0.352. The second-order valence-electron chi connectivity index (χ2n) is 36.6. The van der Waals surface area contributed by atoms with Gasteiger partial charge >= 0.3 is 47.8 Å². The molecule has 1 amide bonds. The lowest BCUT2D eigenvalue weighted by molar-refractivity contribution is -0.345. The highest BCUT2D eigenvalue weighted by molar-refractivity contribution is 5.99. The summed E-state index contributed by atoms with van der Waals surface area (Å²) in [7, 11) is 5.60. The summed E-state index contributed by atoms with van der Waals surface area (Å²) >= 11 is 0. The van der Waals surface area contributed by atoms with E-state index in [1.165, 1.54) is 105 Å². The summed E-state index contributed by atoms with van der Waals surface area (Å²) in [6.07, 6.45) is -9.23. The van der Waals surface area contributed by atoms with Gasteiger partial charge in [0.1, 0.15) is 36.1 Å². The molecule has 3 saturated heterocycles. The average Bonchev–Trinajstić information content (AvgIpc) is 1.06. The third-order valence-corrected chi connectivity index (χ3v) is 29.0. The lowest BCUT2D eigenvalue weighted by atomic mass is 9.44. The molecule has 10 aliphatic rings. The van der Waals surface area contributed by atoms with Gasteiger partial charge < -0.3 is 101 Å². The first-order chi connectivity index (χ1) is 66.4. The number of hydrogen-bond donors (Lipinski definition) is 4. The number of aromatic hydroxyl groups is 2. The van der Waals surface area contributed by atoms with Crippen LogP contribution >= 0.6 is 0 Å². The Bertz CT molecular complexity index is 6470. The maximum Gasteiger partial charge on any atom is 0.350 e. The minimum Gasteiger partial charge on any atom is -0.502 e. The minimum atomic E-state index is -2.72. The molecule has 712 valence electrons. The molecule has 4 N–H and O–H groups in total. The number of nitrogens with zero attached hydrogens (tertiary/aromatic N) is 2. The normalized spacial score (nSPS) is 27.2. The third kappa shape index (κ3) is 15.8. The van der Waals surface area contributed by atoms with Crippen LogP contribution in [-0.2, 0) is 71.4 Å². The number of amides is 1. The van der Waals surface area contributed by atoms with Gasteiger partial charge in [-0.1, -0.05) is 105 Å². The van der Waals surface area contributed by atoms with E-state index in [0.717, 1.165) is 13.8 Å². The van der Waals surface area contributed by atoms with E-state index < -0.39 is 197 Å². The van der Waals surface area contributed by atoms with Crippen LogP contribution in [0.4, 0.5) is 0 Å². The van der Waals surface area contributed by atoms with E-state index in [9.17, 15) is 39.3 Å². The van der Waals surface area contributed by atoms with Gasteiger partial charge in [-0.2, -0.15) is 0 Å². The van der Waals surface area contributed by atoms with E-state index in [0.29, 0.717) is 67.5 Å². The van der Waals surface area contributed by atoms with Crippen LogP contribution in [0.3, 0.4) is 0 Å². The summed E-state index contributed by atoms with van der Waals surface area (Å²) in [6, 6.07) is 46.6. The summed E-state index contributed by atoms with van der Waals surface area (Å²) in [5.41, 5.74) is -4.39. The van der Waals surface area contributed by atoms with Gasteiger partial charge in [-0.15, -0.1) is 0 Å². The highest BCUT2D eigenvalue weighted by atomic mass is 16.7. The molecule has 19 rings (SSSR count). The van der Waals surface area contributed by atoms with E-state index in [1.54, 1.807) is 140 Å². The van der Waals surface area contributed by atoms with Gasteiger partial charge in [-0.05, 0) is 172 Å². The second kappa shape index (κ2) is 36.2. The lowest BCUT2D eigenvalue weighted by Crippen LogP contribution is -2.82. The summed E-state index contributed by atoms with van der Waals surface area (Å²) < 4.78 is 103. The number of carbonyl (C=O) groups excluding carboxylic acids is 10. The van der Waals surface area contributed by atoms with Crippen LogP contribution in [0.5, 0.6) is 57.5 Å². The number of cyclic esters (lactones) is 2. The van der Waals surface area contributed by atoms with Crippen LogP contribution in [0.1, 0.15) is 176 Å². The average molecular weight is 1880 g/mol. The maximum atomic E-state index is 17.3. The van der Waals surface area contributed by atoms with E-state index in [-0.39, 0.29) is 100 Å². The molecular formula is C105H97N3O30. The molecule has 33 heteroatoms. The molecule has 2 saturated carbocycles. The topological polar surface area (TPSA) is 425 Å². The number of aliphatic imine (C=N–C) groups is 2. The molecule has 5 fully saturated rings. The van der Waals surface area contributed by atoms with Crippen molar-refractivity contribution in [2.24, 2.45) is 50.4 Å². The van der Waals surface area contributed by atoms with Gasteiger partial charge in [0.05, 0.1) is 100 Å². The molecule has 5 heterocycles. The number of hydrogen-bond acceptors (Lipinski definition) is 32. The minimum absolute atomic E-state index is 0.00127. The molecule has 5 aliphatic heterocycles. The van der Waals surface area contributed by atoms with Crippen molar-refractivity contribution in [2.45, 2.75) is 132 Å². The highest BCUT2D eigenvalue weighted by Gasteiger charge is 2.79. The number of esters is 8. The van der Waals surface area contributed by atoms with Crippen molar-refractivity contribution < 1.29 is 144 Å². The number of benzene rings is 9. The van der Waals surface area contributed by atoms with Crippen LogP contribution in [-0.4, -0.2) is 197 Å². The zero-order valence-corrected chi connectivity index (χ0v) is 76.5. The summed E-state index contributed by atoms with van der Waals surface area (Å²) in [4.78, 5) is 161. The molecule has 9 aromatic carbocycles. The SMILES string of the molecule is COc1cc([C@@H]2c3cc4c(cc3[C@@H](N=Cc3ccc(C(=O)O[C@H]5C[C@H]6OC[C@@]6(OC(C)=O)C6C(OC(=O)c7ccccc7)[C@]7(O)C[C@H](OC(=O)[C@H](OC(=O)c8ccc(C=N[C@@H]9c%10cc%11c(cc%10[C@@H](c%10cc(OC)c(O)c(OC)c%10)[C@H]%10C(=O)OC[C@@H]%109)OCO%11)cc8)[C@@H](NC(=O)c8ccccc8)c8ccccc8)C(C)=C([C@@H](OC(C)=O)C(=O)[C@@]65C)C7(C)C)cc3)[C@H]3COC(=O)[C@H]23)OCO4)cc(OC)c1O. The number of ketones is 1. The standard InChI is InChI=1S/C105H97N3O30/c1-51-77(134-101(120)91(85(56-20-14-11-15-21-56)108-95(114)57-22-16-12-17-23-57)136-97(116)60-32-28-55(29-33-60)45-107-87-66-41-72-70(130-50-132-72)39-64(66)81(83-68(87)47-127-100(83)119)62-36-75(124-9)89(112)76(37-62)125-10)43-105(121)94(137-98(117)58-24-18-13-19-25-58)92-103(6,93(113)90(133-52(2)109)84(51)102(105,4)5)78(42-79-104(92,48-128-79)138-53(3)110)135-96(115)59-30-26-54(27-31-59)44-106-86-65-40-71-69(129-49-131-71)38-63(65)80(82-67(86)46-126-99(82)118)61-34-73(122-7)88(111)74(35-61)123-8/h11-41,44-45,67-68,77-83,85-87,90-92,94,111-112,121H,42-43,46-50H2,1-10H3,(H,108,114)/t67-,68-,77-,78-,79+,80+,81+,82-,83-,85-,86+,87+,90+,91+,92?,94?,103+,104-,105+/m0/s1. The number of carbonyl (C=O) groups is 10. The molecule has 5 aliphatic carbocycles. The van der Waals surface area contributed by atoms with E-state index >= 15 is 24.0 Å². The Labute approximate surface area is 790 Å². The first-order valence-electron chi connectivity index (χ1n) is 45.0. The number of nitrogens with one attached hydrogen (secondary N) is 1. The van der Waals surface area contributed by atoms with Crippen LogP contribution in [0.2, 0.25) is 0 Å². The molecule has 0 aromatic heterocycles. The Morgan fingerprint density at radius 3 is 1.43 bits per heavy atom. The maximum absolute atomic E-state index is 17.3. The molecular weight excluding hydrogens is 1780 g/mol. The van der Waals surface area contributed by atoms with E-state index in [2.05, 4.69) is 5.32 Å². The zero-order valence-electron chi connectivity index (χ0n) is 76.5. The smallest absolute Gasteiger partial charge is 0.350 e. The number of fused-ring (bicyclic) bond motifs is 11. The molecule has 33 nitrogen and oxygen atoms in total. The number of phenolic OH excluding ortho intramolecular Hbond substituents is 2. The first kappa shape index (κ1) is 92.0. The first-order valence-corrected chi connectivity index (χ1v) is 45.0. The van der Waals surface area contributed by atoms with Gasteiger partial charge in [0, 0.05) is 73.8 Å². The predicted molar refractivity (Wildman–Crippen MR) is 485 cm³/mol. The Hall–Kier alpha value is -15.1. The van der Waals surface area contributed by atoms with Gasteiger partial charge in [0.2, 0.25) is 31.2 Å². The lowest BCUT2D eigenvalue weighted by Gasteiger charge is -2.67. The predicted octanol–water partition coefficient (Wildman–Crippen LogP) is 12.6. The fourth-order valence-electron chi connectivity index (χ4n) is 22.2. The van der Waals surface area contributed by atoms with Crippen molar-refractivity contribution in [2.75, 3.05) is 61.8 Å². The van der Waals surface area contributed by atoms with E-state index in [1.807, 2.05) is 12.1 Å². The highest BCUT2D eigenvalue weighted by Crippen LogP contribution is 2.67. The molecule has 0 radical (unpaired) electrons. The van der Waals surface area contributed by atoms with Gasteiger partial charge in [-0.3, -0.25) is 38.8 Å². The van der Waals surface area contributed by atoms with Crippen molar-refractivity contribution in [3.8, 4) is 57.5 Å². The third-order valence-electron chi connectivity index (χ3n) is 29.0. The fourth-order valence-corrected chi connectivity index (χ4v) is 22.2. The zero-order chi connectivity index (χ0) is 96.9. The number of rotatable bonds is 24. The van der Waals surface area contributed by atoms with Crippen molar-refractivity contribution in [1.29, 1.82) is 0 Å². The van der Waals surface area contributed by atoms with Crippen LogP contribution in [0, 0.1) is 40.4 Å². The second-order valence-corrected chi connectivity index (χ2v) is 36.6. The van der Waals surface area contributed by atoms with Crippen molar-refractivity contribution in [3.05, 3.63) is 272 Å². The number of phenols is 2. The largest absolute Gasteiger partial charge is 0.502 e. The monoisotopic (exact) mass is 1880 g/mol. The van der Waals surface area contributed by atoms with Crippen LogP contribution < -0.4 is 43.2 Å². The van der Waals surface area contributed by atoms with Crippen molar-refractivity contribution >= 4 is 71.9 Å². The Balaban J connectivity index is 0.663. The van der Waals surface area contributed by atoms with Crippen LogP contribution in [0.15, 0.2) is 209 Å². The van der Waals surface area contributed by atoms with Gasteiger partial charge in [0.25, 0.3) is 5.91 Å². The Morgan fingerprint density at radius 1 is 0.522 bits per heavy atom. The number of methoxy groups -OCH3 is 4. The Morgan fingerprint density at radius 2 is 0.971 bits per heavy atom. The summed E-state index contributed by atoms with van der Waals surface area (Å²) in [5.74, 6) is -13.4. The van der Waals surface area contributed by atoms with Crippen LogP contribution in [0.25, 0.3) is 0 Å². The molecule has 0 spiro atoms.